The molecule has 4 nitrogen and oxygen atoms in total. The number of rotatable bonds is 4. The number of halogens is 1. The van der Waals surface area contributed by atoms with Gasteiger partial charge < -0.3 is 10.1 Å². The van der Waals surface area contributed by atoms with E-state index in [1.54, 1.807) is 36.0 Å². The van der Waals surface area contributed by atoms with Gasteiger partial charge in [-0.2, -0.15) is 11.8 Å². The Morgan fingerprint density at radius 1 is 1.44 bits per heavy atom. The lowest BCUT2D eigenvalue weighted by Gasteiger charge is -2.05. The summed E-state index contributed by atoms with van der Waals surface area (Å²) in [4.78, 5) is 14.5. The summed E-state index contributed by atoms with van der Waals surface area (Å²) in [6.07, 6.45) is 2.58. The molecular formula is C12H13ClN2O2S. The Kier molecular flexibility index (Phi) is 4.04. The Balaban J connectivity index is 2.49. The van der Waals surface area contributed by atoms with Crippen LogP contribution < -0.4 is 5.69 Å². The van der Waals surface area contributed by atoms with E-state index in [1.807, 2.05) is 6.26 Å². The number of aromatic nitrogens is 2. The number of aromatic amines is 1. The van der Waals surface area contributed by atoms with E-state index >= 15 is 0 Å². The second-order valence-electron chi connectivity index (χ2n) is 3.76. The largest absolute Gasteiger partial charge is 0.493 e. The van der Waals surface area contributed by atoms with Crippen LogP contribution in [0.1, 0.15) is 5.69 Å². The van der Waals surface area contributed by atoms with Crippen LogP contribution in [0.15, 0.2) is 29.1 Å². The van der Waals surface area contributed by atoms with Gasteiger partial charge in [-0.3, -0.25) is 0 Å². The van der Waals surface area contributed by atoms with Gasteiger partial charge in [0.05, 0.1) is 16.4 Å². The summed E-state index contributed by atoms with van der Waals surface area (Å²) in [7, 11) is 0. The second kappa shape index (κ2) is 5.54. The van der Waals surface area contributed by atoms with Crippen LogP contribution >= 0.6 is 23.4 Å². The normalized spacial score (nSPS) is 10.8. The molecule has 0 amide bonds. The number of H-pyrrole nitrogens is 1. The van der Waals surface area contributed by atoms with Gasteiger partial charge in [0.1, 0.15) is 0 Å². The van der Waals surface area contributed by atoms with Gasteiger partial charge in [-0.25, -0.2) is 9.36 Å². The minimum absolute atomic E-state index is 0.0675. The average molecular weight is 285 g/mol. The zero-order valence-corrected chi connectivity index (χ0v) is 11.4. The highest BCUT2D eigenvalue weighted by Crippen LogP contribution is 2.24. The van der Waals surface area contributed by atoms with Crippen molar-refractivity contribution >= 4 is 23.4 Å². The quantitative estimate of drug-likeness (QED) is 0.907. The third kappa shape index (κ3) is 2.42. The van der Waals surface area contributed by atoms with Crippen LogP contribution in [0.5, 0.6) is 5.88 Å². The molecule has 96 valence electrons. The highest BCUT2D eigenvalue weighted by molar-refractivity contribution is 7.98. The predicted molar refractivity (Wildman–Crippen MR) is 75.2 cm³/mol. The zero-order chi connectivity index (χ0) is 13.1. The van der Waals surface area contributed by atoms with Crippen molar-refractivity contribution in [3.8, 4) is 11.6 Å². The lowest BCUT2D eigenvalue weighted by atomic mass is 10.3. The fourth-order valence-electron chi connectivity index (χ4n) is 1.71. The molecule has 0 radical (unpaired) electrons. The van der Waals surface area contributed by atoms with Crippen LogP contribution in [0.4, 0.5) is 0 Å². The molecular weight excluding hydrogens is 272 g/mol. The lowest BCUT2D eigenvalue weighted by molar-refractivity contribution is 0.435. The Morgan fingerprint density at radius 3 is 2.83 bits per heavy atom. The molecule has 1 aromatic carbocycles. The number of hydrogen-bond donors (Lipinski definition) is 2. The van der Waals surface area contributed by atoms with Crippen molar-refractivity contribution in [2.75, 3.05) is 12.0 Å². The molecule has 1 heterocycles. The molecule has 2 rings (SSSR count). The number of hydrogen-bond acceptors (Lipinski definition) is 3. The summed E-state index contributed by atoms with van der Waals surface area (Å²) in [5.74, 6) is 0.762. The van der Waals surface area contributed by atoms with Gasteiger partial charge in [0.25, 0.3) is 0 Å². The SMILES string of the molecule is CSCCc1[nH]c(=O)n(-c2ccccc2Cl)c1O. The van der Waals surface area contributed by atoms with Crippen LogP contribution in [0.2, 0.25) is 5.02 Å². The first-order valence-corrected chi connectivity index (χ1v) is 7.19. The maximum absolute atomic E-state index is 11.9. The monoisotopic (exact) mass is 284 g/mol. The smallest absolute Gasteiger partial charge is 0.333 e. The van der Waals surface area contributed by atoms with E-state index in [1.165, 1.54) is 4.57 Å². The van der Waals surface area contributed by atoms with Crippen molar-refractivity contribution in [2.24, 2.45) is 0 Å². The number of imidazole rings is 1. The fourth-order valence-corrected chi connectivity index (χ4v) is 2.34. The van der Waals surface area contributed by atoms with Crippen molar-refractivity contribution in [3.63, 3.8) is 0 Å². The molecule has 1 aromatic heterocycles. The van der Waals surface area contributed by atoms with E-state index in [-0.39, 0.29) is 11.6 Å². The molecule has 0 saturated carbocycles. The van der Waals surface area contributed by atoms with Crippen LogP contribution in [0, 0.1) is 0 Å². The maximum atomic E-state index is 11.9. The average Bonchev–Trinajstić information content (AvgIpc) is 2.63. The first kappa shape index (κ1) is 13.1. The molecule has 0 fully saturated rings. The Labute approximate surface area is 114 Å². The topological polar surface area (TPSA) is 58.0 Å². The van der Waals surface area contributed by atoms with E-state index in [9.17, 15) is 9.90 Å². The van der Waals surface area contributed by atoms with Gasteiger partial charge in [-0.05, 0) is 24.1 Å². The summed E-state index contributed by atoms with van der Waals surface area (Å²) in [5.41, 5.74) is 0.638. The Hall–Kier alpha value is -1.33. The van der Waals surface area contributed by atoms with E-state index in [2.05, 4.69) is 4.98 Å². The fraction of sp³-hybridized carbons (Fsp3) is 0.250. The van der Waals surface area contributed by atoms with Crippen molar-refractivity contribution < 1.29 is 5.11 Å². The Bertz CT molecular complexity index is 606. The molecule has 0 aliphatic heterocycles. The van der Waals surface area contributed by atoms with Crippen molar-refractivity contribution in [1.82, 2.24) is 9.55 Å². The summed E-state index contributed by atoms with van der Waals surface area (Å²) in [5, 5.41) is 10.5. The first-order valence-electron chi connectivity index (χ1n) is 5.42. The predicted octanol–water partition coefficient (Wildman–Crippen LogP) is 2.43. The third-order valence-electron chi connectivity index (χ3n) is 2.59. The first-order chi connectivity index (χ1) is 8.65. The van der Waals surface area contributed by atoms with Crippen LogP contribution in [0.3, 0.4) is 0 Å². The van der Waals surface area contributed by atoms with Gasteiger partial charge in [-0.15, -0.1) is 0 Å². The highest BCUT2D eigenvalue weighted by Gasteiger charge is 2.15. The van der Waals surface area contributed by atoms with E-state index in [0.29, 0.717) is 22.8 Å². The molecule has 18 heavy (non-hydrogen) atoms. The standard InChI is InChI=1S/C12H13ClN2O2S/c1-18-7-6-9-11(16)15(12(17)14-9)10-5-3-2-4-8(10)13/h2-5,16H,6-7H2,1H3,(H,14,17). The second-order valence-corrected chi connectivity index (χ2v) is 5.15. The molecule has 0 bridgehead atoms. The number of para-hydroxylation sites is 1. The number of benzene rings is 1. The molecule has 0 spiro atoms. The van der Waals surface area contributed by atoms with Gasteiger partial charge in [0.2, 0.25) is 5.88 Å². The van der Waals surface area contributed by atoms with Gasteiger partial charge >= 0.3 is 5.69 Å². The molecule has 0 aliphatic rings. The molecule has 2 N–H and O–H groups in total. The third-order valence-corrected chi connectivity index (χ3v) is 3.52. The van der Waals surface area contributed by atoms with Gasteiger partial charge in [0, 0.05) is 6.42 Å². The summed E-state index contributed by atoms with van der Waals surface area (Å²) >= 11 is 7.68. The zero-order valence-electron chi connectivity index (χ0n) is 9.81. The molecule has 0 aliphatic carbocycles. The number of aryl methyl sites for hydroxylation is 1. The van der Waals surface area contributed by atoms with Crippen LogP contribution in [-0.2, 0) is 6.42 Å². The minimum atomic E-state index is -0.378. The van der Waals surface area contributed by atoms with E-state index < -0.39 is 0 Å². The number of thioether (sulfide) groups is 1. The van der Waals surface area contributed by atoms with E-state index in [4.69, 9.17) is 11.6 Å². The van der Waals surface area contributed by atoms with E-state index in [0.717, 1.165) is 5.75 Å². The number of nitrogens with zero attached hydrogens (tertiary/aromatic N) is 1. The lowest BCUT2D eigenvalue weighted by Crippen LogP contribution is -2.14. The molecule has 2 aromatic rings. The van der Waals surface area contributed by atoms with Crippen molar-refractivity contribution in [2.45, 2.75) is 6.42 Å². The molecule has 0 atom stereocenters. The molecule has 0 saturated heterocycles. The maximum Gasteiger partial charge on any atom is 0.333 e. The van der Waals surface area contributed by atoms with Crippen LogP contribution in [-0.4, -0.2) is 26.7 Å². The molecule has 0 unspecified atom stereocenters. The number of aromatic hydroxyl groups is 1. The summed E-state index contributed by atoms with van der Waals surface area (Å²) < 4.78 is 1.19. The summed E-state index contributed by atoms with van der Waals surface area (Å²) in [6.45, 7) is 0. The Morgan fingerprint density at radius 2 is 2.17 bits per heavy atom. The molecule has 6 heteroatoms. The highest BCUT2D eigenvalue weighted by atomic mass is 35.5. The van der Waals surface area contributed by atoms with Crippen molar-refractivity contribution in [1.29, 1.82) is 0 Å². The van der Waals surface area contributed by atoms with Crippen molar-refractivity contribution in [3.05, 3.63) is 45.5 Å². The van der Waals surface area contributed by atoms with Gasteiger partial charge in [0.15, 0.2) is 0 Å². The minimum Gasteiger partial charge on any atom is -0.493 e. The number of nitrogens with one attached hydrogen (secondary N) is 1. The van der Waals surface area contributed by atoms with Crippen LogP contribution in [0.25, 0.3) is 5.69 Å². The summed E-state index contributed by atoms with van der Waals surface area (Å²) in [6, 6.07) is 6.91. The van der Waals surface area contributed by atoms with Gasteiger partial charge in [-0.1, -0.05) is 23.7 Å².